The second kappa shape index (κ2) is 7.13. The highest BCUT2D eigenvalue weighted by Crippen LogP contribution is 2.27. The van der Waals surface area contributed by atoms with Crippen molar-refractivity contribution in [2.24, 2.45) is 5.92 Å². The molecule has 1 aliphatic carbocycles. The molecule has 1 atom stereocenters. The van der Waals surface area contributed by atoms with Gasteiger partial charge >= 0.3 is 0 Å². The van der Waals surface area contributed by atoms with Gasteiger partial charge in [-0.1, -0.05) is 0 Å². The number of hydrogen-bond acceptors (Lipinski definition) is 6. The fraction of sp³-hybridized carbons (Fsp3) is 0.588. The molecule has 1 unspecified atom stereocenters. The van der Waals surface area contributed by atoms with Crippen molar-refractivity contribution in [2.75, 3.05) is 31.2 Å². The largest absolute Gasteiger partial charge is 0.378 e. The van der Waals surface area contributed by atoms with E-state index in [-0.39, 0.29) is 11.8 Å². The Morgan fingerprint density at radius 3 is 3.16 bits per heavy atom. The Morgan fingerprint density at radius 2 is 2.32 bits per heavy atom. The predicted molar refractivity (Wildman–Crippen MR) is 95.8 cm³/mol. The predicted octanol–water partition coefficient (Wildman–Crippen LogP) is 1.43. The molecule has 7 nitrogen and oxygen atoms in total. The maximum Gasteiger partial charge on any atom is 0.223 e. The SMILES string of the molecule is Cc1[nH]nc2c1CC(C(=O)NCc1cnc(N3CCOCC3)s1)CC2. The van der Waals surface area contributed by atoms with Crippen LogP contribution in [-0.2, 0) is 28.9 Å². The number of aromatic nitrogens is 3. The lowest BCUT2D eigenvalue weighted by Crippen LogP contribution is -2.36. The van der Waals surface area contributed by atoms with Gasteiger partial charge < -0.3 is 15.0 Å². The van der Waals surface area contributed by atoms with Crippen molar-refractivity contribution >= 4 is 22.4 Å². The molecule has 8 heteroatoms. The fourth-order valence-electron chi connectivity index (χ4n) is 3.46. The zero-order valence-corrected chi connectivity index (χ0v) is 15.2. The molecule has 0 saturated carbocycles. The molecular formula is C17H23N5O2S. The van der Waals surface area contributed by atoms with Crippen LogP contribution in [0.2, 0.25) is 0 Å². The van der Waals surface area contributed by atoms with Crippen LogP contribution < -0.4 is 10.2 Å². The van der Waals surface area contributed by atoms with Crippen LogP contribution in [-0.4, -0.2) is 47.4 Å². The summed E-state index contributed by atoms with van der Waals surface area (Å²) in [6.45, 7) is 5.85. The lowest BCUT2D eigenvalue weighted by atomic mass is 9.86. The van der Waals surface area contributed by atoms with Gasteiger partial charge in [0, 0.05) is 35.8 Å². The maximum atomic E-state index is 12.5. The van der Waals surface area contributed by atoms with Crippen LogP contribution in [0.15, 0.2) is 6.20 Å². The number of hydrogen-bond donors (Lipinski definition) is 2. The molecule has 0 radical (unpaired) electrons. The number of H-pyrrole nitrogens is 1. The number of anilines is 1. The van der Waals surface area contributed by atoms with Crippen molar-refractivity contribution in [3.8, 4) is 0 Å². The molecule has 2 aromatic heterocycles. The number of rotatable bonds is 4. The molecule has 0 spiro atoms. The first-order valence-corrected chi connectivity index (χ1v) is 9.60. The number of carbonyl (C=O) groups is 1. The summed E-state index contributed by atoms with van der Waals surface area (Å²) in [6.07, 6.45) is 4.39. The van der Waals surface area contributed by atoms with Crippen molar-refractivity contribution in [1.82, 2.24) is 20.5 Å². The van der Waals surface area contributed by atoms with Gasteiger partial charge in [-0.05, 0) is 31.7 Å². The van der Waals surface area contributed by atoms with E-state index in [1.54, 1.807) is 11.3 Å². The van der Waals surface area contributed by atoms with E-state index < -0.39 is 0 Å². The van der Waals surface area contributed by atoms with Crippen molar-refractivity contribution < 1.29 is 9.53 Å². The third-order valence-corrected chi connectivity index (χ3v) is 6.03. The second-order valence-corrected chi connectivity index (χ2v) is 7.73. The summed E-state index contributed by atoms with van der Waals surface area (Å²) < 4.78 is 5.37. The van der Waals surface area contributed by atoms with E-state index in [4.69, 9.17) is 4.74 Å². The molecular weight excluding hydrogens is 338 g/mol. The Bertz CT molecular complexity index is 750. The number of nitrogens with zero attached hydrogens (tertiary/aromatic N) is 3. The normalized spacial score (nSPS) is 20.4. The lowest BCUT2D eigenvalue weighted by Gasteiger charge is -2.26. The molecule has 0 aromatic carbocycles. The van der Waals surface area contributed by atoms with Crippen molar-refractivity contribution in [3.05, 3.63) is 28.0 Å². The molecule has 0 bridgehead atoms. The summed E-state index contributed by atoms with van der Waals surface area (Å²) in [7, 11) is 0. The van der Waals surface area contributed by atoms with E-state index in [1.807, 2.05) is 13.1 Å². The van der Waals surface area contributed by atoms with Crippen LogP contribution in [0, 0.1) is 12.8 Å². The highest BCUT2D eigenvalue weighted by molar-refractivity contribution is 7.15. The average molecular weight is 361 g/mol. The third-order valence-electron chi connectivity index (χ3n) is 4.97. The zero-order valence-electron chi connectivity index (χ0n) is 14.4. The Hall–Kier alpha value is -1.93. The third kappa shape index (κ3) is 3.55. The number of nitrogens with one attached hydrogen (secondary N) is 2. The number of fused-ring (bicyclic) bond motifs is 1. The average Bonchev–Trinajstić information content (AvgIpc) is 3.27. The smallest absolute Gasteiger partial charge is 0.223 e. The van der Waals surface area contributed by atoms with Crippen molar-refractivity contribution in [1.29, 1.82) is 0 Å². The Morgan fingerprint density at radius 1 is 1.48 bits per heavy atom. The molecule has 2 N–H and O–H groups in total. The standard InChI is InChI=1S/C17H23N5O2S/c1-11-14-8-12(2-3-15(14)21-20-11)16(23)18-9-13-10-19-17(25-13)22-4-6-24-7-5-22/h10,12H,2-9H2,1H3,(H,18,23)(H,20,21). The number of amides is 1. The topological polar surface area (TPSA) is 83.1 Å². The highest BCUT2D eigenvalue weighted by atomic mass is 32.1. The monoisotopic (exact) mass is 361 g/mol. The van der Waals surface area contributed by atoms with Crippen LogP contribution in [0.1, 0.15) is 28.2 Å². The number of thiazole rings is 1. The number of morpholine rings is 1. The van der Waals surface area contributed by atoms with E-state index in [2.05, 4.69) is 25.4 Å². The second-order valence-electron chi connectivity index (χ2n) is 6.64. The maximum absolute atomic E-state index is 12.5. The quantitative estimate of drug-likeness (QED) is 0.861. The summed E-state index contributed by atoms with van der Waals surface area (Å²) in [5.41, 5.74) is 3.43. The first kappa shape index (κ1) is 16.5. The molecule has 1 fully saturated rings. The Labute approximate surface area is 150 Å². The number of ether oxygens (including phenoxy) is 1. The van der Waals surface area contributed by atoms with Gasteiger partial charge in [0.05, 0.1) is 25.5 Å². The van der Waals surface area contributed by atoms with E-state index in [9.17, 15) is 4.79 Å². The molecule has 3 heterocycles. The van der Waals surface area contributed by atoms with Crippen molar-refractivity contribution in [2.45, 2.75) is 32.7 Å². The fourth-order valence-corrected chi connectivity index (χ4v) is 4.36. The molecule has 2 aromatic rings. The summed E-state index contributed by atoms with van der Waals surface area (Å²) in [5.74, 6) is 0.169. The van der Waals surface area contributed by atoms with Crippen molar-refractivity contribution in [3.63, 3.8) is 0 Å². The number of aromatic amines is 1. The Balaban J connectivity index is 1.32. The van der Waals surface area contributed by atoms with Crippen LogP contribution in [0.4, 0.5) is 5.13 Å². The number of carbonyl (C=O) groups excluding carboxylic acids is 1. The minimum atomic E-state index is 0.0374. The van der Waals surface area contributed by atoms with E-state index in [0.717, 1.165) is 67.0 Å². The van der Waals surface area contributed by atoms with Gasteiger partial charge in [0.1, 0.15) is 0 Å². The zero-order chi connectivity index (χ0) is 17.2. The van der Waals surface area contributed by atoms with E-state index in [1.165, 1.54) is 5.56 Å². The van der Waals surface area contributed by atoms with Gasteiger partial charge in [0.15, 0.2) is 5.13 Å². The summed E-state index contributed by atoms with van der Waals surface area (Å²) >= 11 is 1.65. The van der Waals surface area contributed by atoms with E-state index in [0.29, 0.717) is 6.54 Å². The summed E-state index contributed by atoms with van der Waals surface area (Å²) in [6, 6.07) is 0. The minimum absolute atomic E-state index is 0.0374. The van der Waals surface area contributed by atoms with Crippen LogP contribution in [0.25, 0.3) is 0 Å². The first-order chi connectivity index (χ1) is 12.2. The van der Waals surface area contributed by atoms with Crippen LogP contribution >= 0.6 is 11.3 Å². The molecule has 134 valence electrons. The molecule has 25 heavy (non-hydrogen) atoms. The minimum Gasteiger partial charge on any atom is -0.378 e. The number of aryl methyl sites for hydroxylation is 2. The van der Waals surface area contributed by atoms with Crippen LogP contribution in [0.3, 0.4) is 0 Å². The molecule has 1 aliphatic heterocycles. The van der Waals surface area contributed by atoms with Gasteiger partial charge in [0.25, 0.3) is 0 Å². The van der Waals surface area contributed by atoms with Crippen LogP contribution in [0.5, 0.6) is 0 Å². The lowest BCUT2D eigenvalue weighted by molar-refractivity contribution is -0.125. The highest BCUT2D eigenvalue weighted by Gasteiger charge is 2.27. The van der Waals surface area contributed by atoms with E-state index >= 15 is 0 Å². The Kier molecular flexibility index (Phi) is 4.72. The van der Waals surface area contributed by atoms with Gasteiger partial charge in [-0.2, -0.15) is 5.10 Å². The first-order valence-electron chi connectivity index (χ1n) is 8.78. The van der Waals surface area contributed by atoms with Gasteiger partial charge in [-0.25, -0.2) is 4.98 Å². The van der Waals surface area contributed by atoms with Gasteiger partial charge in [-0.15, -0.1) is 11.3 Å². The molecule has 2 aliphatic rings. The molecule has 4 rings (SSSR count). The van der Waals surface area contributed by atoms with Gasteiger partial charge in [-0.3, -0.25) is 9.89 Å². The summed E-state index contributed by atoms with van der Waals surface area (Å²) in [4.78, 5) is 20.4. The van der Waals surface area contributed by atoms with Gasteiger partial charge in [0.2, 0.25) is 5.91 Å². The molecule has 1 saturated heterocycles. The molecule has 1 amide bonds. The summed E-state index contributed by atoms with van der Waals surface area (Å²) in [5, 5.41) is 11.4.